The highest BCUT2D eigenvalue weighted by Crippen LogP contribution is 2.29. The largest absolute Gasteiger partial charge is 0.493 e. The first kappa shape index (κ1) is 27.0. The zero-order valence-electron chi connectivity index (χ0n) is 22.7. The minimum atomic E-state index is -0.502. The number of ether oxygens (including phenoxy) is 2. The van der Waals surface area contributed by atoms with E-state index >= 15 is 0 Å². The van der Waals surface area contributed by atoms with Crippen LogP contribution in [0.3, 0.4) is 0 Å². The number of primary amides is 1. The van der Waals surface area contributed by atoms with E-state index in [1.54, 1.807) is 25.3 Å². The van der Waals surface area contributed by atoms with Crippen LogP contribution in [0.5, 0.6) is 11.5 Å². The molecule has 40 heavy (non-hydrogen) atoms. The molecule has 1 amide bonds. The van der Waals surface area contributed by atoms with Gasteiger partial charge in [-0.05, 0) is 47.9 Å². The van der Waals surface area contributed by atoms with Gasteiger partial charge in [-0.2, -0.15) is 0 Å². The molecule has 0 unspecified atom stereocenters. The summed E-state index contributed by atoms with van der Waals surface area (Å²) in [4.78, 5) is 14.0. The molecule has 0 aliphatic heterocycles. The number of fused-ring (bicyclic) bond motifs is 1. The van der Waals surface area contributed by atoms with E-state index < -0.39 is 5.91 Å². The second kappa shape index (κ2) is 13.0. The number of nitrogens with two attached hydrogens (primary N) is 1. The van der Waals surface area contributed by atoms with Gasteiger partial charge < -0.3 is 19.6 Å². The Morgan fingerprint density at radius 1 is 0.850 bits per heavy atom. The summed E-state index contributed by atoms with van der Waals surface area (Å²) in [7, 11) is 1.55. The monoisotopic (exact) mass is 534 g/mol. The first-order chi connectivity index (χ1) is 19.6. The molecular weight excluding hydrogens is 500 g/mol. The summed E-state index contributed by atoms with van der Waals surface area (Å²) in [5.74, 6) is 1.71. The van der Waals surface area contributed by atoms with Crippen LogP contribution in [-0.2, 0) is 6.54 Å². The zero-order chi connectivity index (χ0) is 27.7. The molecule has 1 aromatic heterocycles. The van der Waals surface area contributed by atoms with Crippen LogP contribution in [0.1, 0.15) is 39.6 Å². The van der Waals surface area contributed by atoms with Gasteiger partial charge in [0.25, 0.3) is 0 Å². The number of carbonyl (C=O) groups excluding carboxylic acids is 1. The summed E-state index contributed by atoms with van der Waals surface area (Å²) in [5, 5.41) is 1.11. The molecule has 0 bridgehead atoms. The zero-order valence-corrected chi connectivity index (χ0v) is 22.7. The number of amides is 1. The highest BCUT2D eigenvalue weighted by molar-refractivity contribution is 5.93. The lowest BCUT2D eigenvalue weighted by Gasteiger charge is -2.28. The van der Waals surface area contributed by atoms with Gasteiger partial charge in [0.2, 0.25) is 5.91 Å². The molecule has 0 saturated carbocycles. The molecule has 0 fully saturated rings. The molecule has 5 rings (SSSR count). The van der Waals surface area contributed by atoms with Crippen molar-refractivity contribution in [3.8, 4) is 11.5 Å². The number of para-hydroxylation sites is 1. The lowest BCUT2D eigenvalue weighted by molar-refractivity contribution is 0.1000. The molecular formula is C34H34N2O4. The Bertz CT molecular complexity index is 1460. The molecule has 2 N–H and O–H groups in total. The van der Waals surface area contributed by atoms with Crippen LogP contribution in [0.2, 0.25) is 0 Å². The summed E-state index contributed by atoms with van der Waals surface area (Å²) in [6.07, 6.45) is 0.789. The number of furan rings is 1. The molecule has 0 spiro atoms. The third kappa shape index (κ3) is 6.71. The third-order valence-electron chi connectivity index (χ3n) is 7.03. The number of benzene rings is 4. The van der Waals surface area contributed by atoms with E-state index in [2.05, 4.69) is 77.7 Å². The third-order valence-corrected chi connectivity index (χ3v) is 7.03. The summed E-state index contributed by atoms with van der Waals surface area (Å²) >= 11 is 0. The Hall–Kier alpha value is -4.55. The minimum absolute atomic E-state index is 0.203. The summed E-state index contributed by atoms with van der Waals surface area (Å²) < 4.78 is 17.7. The van der Waals surface area contributed by atoms with Crippen molar-refractivity contribution in [2.24, 2.45) is 5.73 Å². The molecule has 1 heterocycles. The topological polar surface area (TPSA) is 77.9 Å². The second-order valence-corrected chi connectivity index (χ2v) is 9.79. The molecule has 0 atom stereocenters. The molecule has 6 heteroatoms. The smallest absolute Gasteiger partial charge is 0.248 e. The highest BCUT2D eigenvalue weighted by atomic mass is 16.5. The summed E-state index contributed by atoms with van der Waals surface area (Å²) in [6.45, 7) is 2.79. The lowest BCUT2D eigenvalue weighted by Crippen LogP contribution is -2.30. The Balaban J connectivity index is 1.33. The second-order valence-electron chi connectivity index (χ2n) is 9.79. The predicted molar refractivity (Wildman–Crippen MR) is 158 cm³/mol. The average Bonchev–Trinajstić information content (AvgIpc) is 3.41. The number of methoxy groups -OCH3 is 1. The van der Waals surface area contributed by atoms with Crippen molar-refractivity contribution in [1.82, 2.24) is 4.90 Å². The van der Waals surface area contributed by atoms with Crippen molar-refractivity contribution in [1.29, 1.82) is 0 Å². The molecule has 0 aliphatic rings. The van der Waals surface area contributed by atoms with Gasteiger partial charge in [0.05, 0.1) is 20.3 Å². The van der Waals surface area contributed by atoms with Crippen molar-refractivity contribution >= 4 is 16.9 Å². The molecule has 4 aromatic carbocycles. The van der Waals surface area contributed by atoms with E-state index in [1.165, 1.54) is 11.1 Å². The molecule has 0 radical (unpaired) electrons. The van der Waals surface area contributed by atoms with Crippen LogP contribution >= 0.6 is 0 Å². The summed E-state index contributed by atoms with van der Waals surface area (Å²) in [5.41, 5.74) is 9.24. The highest BCUT2D eigenvalue weighted by Gasteiger charge is 2.20. The Labute approximate surface area is 234 Å². The van der Waals surface area contributed by atoms with E-state index in [9.17, 15) is 4.79 Å². The van der Waals surface area contributed by atoms with Crippen molar-refractivity contribution in [3.05, 3.63) is 132 Å². The molecule has 6 nitrogen and oxygen atoms in total. The predicted octanol–water partition coefficient (Wildman–Crippen LogP) is 6.64. The van der Waals surface area contributed by atoms with Crippen LogP contribution in [0.15, 0.2) is 114 Å². The standard InChI is InChI=1S/C34H34N2O4/c1-38-33-22-28(34(35)37)17-18-32(33)39-20-10-19-36(23-29-21-27-15-8-9-16-31(27)40-29)24-30(25-11-4-2-5-12-25)26-13-6-3-7-14-26/h2-9,11-18,21-22,30H,10,19-20,23-24H2,1H3,(H2,35,37). The number of rotatable bonds is 13. The number of hydrogen-bond acceptors (Lipinski definition) is 5. The van der Waals surface area contributed by atoms with Crippen LogP contribution in [0.4, 0.5) is 0 Å². The van der Waals surface area contributed by atoms with E-state index in [1.807, 2.05) is 18.2 Å². The minimum Gasteiger partial charge on any atom is -0.493 e. The van der Waals surface area contributed by atoms with Gasteiger partial charge in [0.1, 0.15) is 11.3 Å². The summed E-state index contributed by atoms with van der Waals surface area (Å²) in [6, 6.07) is 36.5. The van der Waals surface area contributed by atoms with Gasteiger partial charge >= 0.3 is 0 Å². The number of carbonyl (C=O) groups is 1. The maximum absolute atomic E-state index is 11.5. The lowest BCUT2D eigenvalue weighted by atomic mass is 9.90. The van der Waals surface area contributed by atoms with Gasteiger partial charge in [0.15, 0.2) is 11.5 Å². The normalized spacial score (nSPS) is 11.3. The Kier molecular flexibility index (Phi) is 8.79. The average molecular weight is 535 g/mol. The fraction of sp³-hybridized carbons (Fsp3) is 0.206. The van der Waals surface area contributed by atoms with Crippen molar-refractivity contribution in [2.45, 2.75) is 18.9 Å². The molecule has 204 valence electrons. The number of hydrogen-bond donors (Lipinski definition) is 1. The van der Waals surface area contributed by atoms with Crippen molar-refractivity contribution < 1.29 is 18.7 Å². The molecule has 0 aliphatic carbocycles. The van der Waals surface area contributed by atoms with Crippen LogP contribution in [0.25, 0.3) is 11.0 Å². The van der Waals surface area contributed by atoms with Crippen LogP contribution in [0, 0.1) is 0 Å². The van der Waals surface area contributed by atoms with Gasteiger partial charge in [-0.3, -0.25) is 9.69 Å². The van der Waals surface area contributed by atoms with E-state index in [-0.39, 0.29) is 5.92 Å². The maximum Gasteiger partial charge on any atom is 0.248 e. The van der Waals surface area contributed by atoms with Crippen molar-refractivity contribution in [3.63, 3.8) is 0 Å². The Morgan fingerprint density at radius 2 is 1.52 bits per heavy atom. The van der Waals surface area contributed by atoms with Gasteiger partial charge in [-0.1, -0.05) is 78.9 Å². The number of nitrogens with zero attached hydrogens (tertiary/aromatic N) is 1. The fourth-order valence-corrected chi connectivity index (χ4v) is 5.01. The van der Waals surface area contributed by atoms with E-state index in [0.717, 1.165) is 36.2 Å². The maximum atomic E-state index is 11.5. The fourth-order valence-electron chi connectivity index (χ4n) is 5.01. The van der Waals surface area contributed by atoms with Gasteiger partial charge in [-0.25, -0.2) is 0 Å². The van der Waals surface area contributed by atoms with Crippen LogP contribution < -0.4 is 15.2 Å². The van der Waals surface area contributed by atoms with E-state index in [0.29, 0.717) is 30.2 Å². The quantitative estimate of drug-likeness (QED) is 0.171. The first-order valence-corrected chi connectivity index (χ1v) is 13.5. The van der Waals surface area contributed by atoms with Crippen LogP contribution in [-0.4, -0.2) is 37.6 Å². The van der Waals surface area contributed by atoms with Gasteiger partial charge in [-0.15, -0.1) is 0 Å². The molecule has 0 saturated heterocycles. The first-order valence-electron chi connectivity index (χ1n) is 13.5. The Morgan fingerprint density at radius 3 is 2.17 bits per heavy atom. The molecule has 5 aromatic rings. The van der Waals surface area contributed by atoms with E-state index in [4.69, 9.17) is 19.6 Å². The van der Waals surface area contributed by atoms with Gasteiger partial charge in [0, 0.05) is 30.0 Å². The van der Waals surface area contributed by atoms with Crippen molar-refractivity contribution in [2.75, 3.05) is 26.8 Å². The SMILES string of the molecule is COc1cc(C(N)=O)ccc1OCCCN(Cc1cc2ccccc2o1)CC(c1ccccc1)c1ccccc1.